The lowest BCUT2D eigenvalue weighted by atomic mass is 9.85. The van der Waals surface area contributed by atoms with Crippen LogP contribution in [0.3, 0.4) is 0 Å². The highest BCUT2D eigenvalue weighted by Gasteiger charge is 2.58. The first kappa shape index (κ1) is 13.6. The number of nitrogens with zero attached hydrogens (tertiary/aromatic N) is 2. The SMILES string of the molecule is O=C(CCN1C(=O)[C@H]2[C@H](C1=O)[C@H]1C=C[C@H]2C1)Nc1nccs1. The van der Waals surface area contributed by atoms with Crippen molar-refractivity contribution in [3.8, 4) is 0 Å². The number of rotatable bonds is 4. The number of likely N-dealkylation sites (tertiary alicyclic amines) is 1. The van der Waals surface area contributed by atoms with E-state index in [2.05, 4.69) is 22.5 Å². The largest absolute Gasteiger partial charge is 0.302 e. The molecule has 2 fully saturated rings. The van der Waals surface area contributed by atoms with E-state index in [4.69, 9.17) is 0 Å². The van der Waals surface area contributed by atoms with Crippen LogP contribution in [0.15, 0.2) is 23.7 Å². The molecule has 114 valence electrons. The Balaban J connectivity index is 1.39. The molecule has 1 N–H and O–H groups in total. The fraction of sp³-hybridized carbons (Fsp3) is 0.467. The first-order valence-corrected chi connectivity index (χ1v) is 8.26. The third-order valence-electron chi connectivity index (χ3n) is 4.80. The molecule has 4 rings (SSSR count). The molecule has 0 unspecified atom stereocenters. The van der Waals surface area contributed by atoms with Gasteiger partial charge in [-0.3, -0.25) is 19.3 Å². The summed E-state index contributed by atoms with van der Waals surface area (Å²) >= 11 is 1.33. The van der Waals surface area contributed by atoms with Crippen molar-refractivity contribution in [1.82, 2.24) is 9.88 Å². The summed E-state index contributed by atoms with van der Waals surface area (Å²) < 4.78 is 0. The van der Waals surface area contributed by atoms with Gasteiger partial charge in [-0.1, -0.05) is 12.2 Å². The van der Waals surface area contributed by atoms with Gasteiger partial charge >= 0.3 is 0 Å². The number of allylic oxidation sites excluding steroid dienone is 2. The number of hydrogen-bond acceptors (Lipinski definition) is 5. The molecule has 1 aliphatic heterocycles. The summed E-state index contributed by atoms with van der Waals surface area (Å²) in [4.78, 5) is 42.0. The van der Waals surface area contributed by atoms with Crippen LogP contribution in [0.4, 0.5) is 5.13 Å². The van der Waals surface area contributed by atoms with Gasteiger partial charge in [0.15, 0.2) is 5.13 Å². The van der Waals surface area contributed by atoms with E-state index >= 15 is 0 Å². The molecule has 0 aromatic carbocycles. The molecule has 7 heteroatoms. The Hall–Kier alpha value is -2.02. The number of carbonyl (C=O) groups excluding carboxylic acids is 3. The lowest BCUT2D eigenvalue weighted by Crippen LogP contribution is -2.35. The Bertz CT molecular complexity index is 640. The molecule has 0 spiro atoms. The van der Waals surface area contributed by atoms with Gasteiger partial charge in [-0.15, -0.1) is 11.3 Å². The highest BCUT2D eigenvalue weighted by atomic mass is 32.1. The van der Waals surface area contributed by atoms with Gasteiger partial charge in [-0.25, -0.2) is 4.98 Å². The van der Waals surface area contributed by atoms with Gasteiger partial charge in [-0.2, -0.15) is 0 Å². The second kappa shape index (κ2) is 5.01. The number of hydrogen-bond donors (Lipinski definition) is 1. The van der Waals surface area contributed by atoms with Gasteiger partial charge in [0.1, 0.15) is 0 Å². The fourth-order valence-electron chi connectivity index (χ4n) is 3.86. The maximum atomic E-state index is 12.4. The van der Waals surface area contributed by atoms with Crippen molar-refractivity contribution in [2.45, 2.75) is 12.8 Å². The van der Waals surface area contributed by atoms with Gasteiger partial charge in [-0.05, 0) is 18.3 Å². The molecule has 2 heterocycles. The fourth-order valence-corrected chi connectivity index (χ4v) is 4.41. The van der Waals surface area contributed by atoms with Crippen LogP contribution < -0.4 is 5.32 Å². The molecule has 4 atom stereocenters. The van der Waals surface area contributed by atoms with Crippen LogP contribution in [0.5, 0.6) is 0 Å². The molecule has 3 aliphatic rings. The number of nitrogens with one attached hydrogen (secondary N) is 1. The van der Waals surface area contributed by atoms with E-state index in [-0.39, 0.29) is 54.4 Å². The standard InChI is InChI=1S/C15H15N3O3S/c19-10(17-15-16-4-6-22-15)3-5-18-13(20)11-8-1-2-9(7-8)12(11)14(18)21/h1-2,4,6,8-9,11-12H,3,5,7H2,(H,16,17,19)/t8-,9-,11+,12+/m0/s1. The predicted molar refractivity (Wildman–Crippen MR) is 79.8 cm³/mol. The van der Waals surface area contributed by atoms with E-state index in [1.165, 1.54) is 16.2 Å². The highest BCUT2D eigenvalue weighted by Crippen LogP contribution is 2.52. The maximum absolute atomic E-state index is 12.4. The normalized spacial score (nSPS) is 31.9. The Morgan fingerprint density at radius 2 is 1.95 bits per heavy atom. The Morgan fingerprint density at radius 3 is 2.55 bits per heavy atom. The molecule has 1 aromatic rings. The van der Waals surface area contributed by atoms with Gasteiger partial charge in [0.2, 0.25) is 17.7 Å². The van der Waals surface area contributed by atoms with E-state index in [0.29, 0.717) is 5.13 Å². The van der Waals surface area contributed by atoms with E-state index in [9.17, 15) is 14.4 Å². The second-order valence-electron chi connectivity index (χ2n) is 5.96. The zero-order valence-electron chi connectivity index (χ0n) is 11.8. The molecular formula is C15H15N3O3S. The average molecular weight is 317 g/mol. The lowest BCUT2D eigenvalue weighted by molar-refractivity contribution is -0.140. The van der Waals surface area contributed by atoms with Gasteiger partial charge in [0.05, 0.1) is 11.8 Å². The number of amides is 3. The summed E-state index contributed by atoms with van der Waals surface area (Å²) in [6.07, 6.45) is 6.77. The zero-order chi connectivity index (χ0) is 15.3. The Kier molecular flexibility index (Phi) is 3.11. The molecule has 0 radical (unpaired) electrons. The quantitative estimate of drug-likeness (QED) is 0.670. The molecule has 1 saturated heterocycles. The number of fused-ring (bicyclic) bond motifs is 5. The summed E-state index contributed by atoms with van der Waals surface area (Å²) in [5, 5.41) is 4.96. The van der Waals surface area contributed by atoms with Gasteiger partial charge in [0, 0.05) is 24.5 Å². The number of imide groups is 1. The summed E-state index contributed by atoms with van der Waals surface area (Å²) in [5.41, 5.74) is 0. The monoisotopic (exact) mass is 317 g/mol. The minimum absolute atomic E-state index is 0.103. The molecule has 6 nitrogen and oxygen atoms in total. The zero-order valence-corrected chi connectivity index (χ0v) is 12.6. The molecule has 22 heavy (non-hydrogen) atoms. The highest BCUT2D eigenvalue weighted by molar-refractivity contribution is 7.13. The molecule has 1 aromatic heterocycles. The minimum Gasteiger partial charge on any atom is -0.302 e. The van der Waals surface area contributed by atoms with Crippen molar-refractivity contribution < 1.29 is 14.4 Å². The van der Waals surface area contributed by atoms with Crippen molar-refractivity contribution in [3.05, 3.63) is 23.7 Å². The Labute approximate surface area is 131 Å². The number of aromatic nitrogens is 1. The predicted octanol–water partition coefficient (Wildman–Crippen LogP) is 1.28. The molecular weight excluding hydrogens is 302 g/mol. The third kappa shape index (κ3) is 1.99. The minimum atomic E-state index is -0.228. The second-order valence-corrected chi connectivity index (χ2v) is 6.86. The van der Waals surface area contributed by atoms with Crippen LogP contribution in [0, 0.1) is 23.7 Å². The number of thiazole rings is 1. The number of anilines is 1. The van der Waals surface area contributed by atoms with Gasteiger partial charge < -0.3 is 5.32 Å². The van der Waals surface area contributed by atoms with Crippen LogP contribution in [-0.2, 0) is 14.4 Å². The van der Waals surface area contributed by atoms with Crippen molar-refractivity contribution in [2.24, 2.45) is 23.7 Å². The van der Waals surface area contributed by atoms with E-state index < -0.39 is 0 Å². The maximum Gasteiger partial charge on any atom is 0.233 e. The summed E-state index contributed by atoms with van der Waals surface area (Å²) in [6.45, 7) is 0.154. The third-order valence-corrected chi connectivity index (χ3v) is 5.49. The average Bonchev–Trinajstić information content (AvgIpc) is 3.24. The van der Waals surface area contributed by atoms with Crippen molar-refractivity contribution in [3.63, 3.8) is 0 Å². The topological polar surface area (TPSA) is 79.4 Å². The first-order chi connectivity index (χ1) is 10.6. The van der Waals surface area contributed by atoms with Crippen LogP contribution in [0.1, 0.15) is 12.8 Å². The lowest BCUT2D eigenvalue weighted by Gasteiger charge is -2.16. The molecule has 1 saturated carbocycles. The van der Waals surface area contributed by atoms with Crippen molar-refractivity contribution in [2.75, 3.05) is 11.9 Å². The summed E-state index contributed by atoms with van der Waals surface area (Å²) in [7, 11) is 0. The van der Waals surface area contributed by atoms with Crippen molar-refractivity contribution in [1.29, 1.82) is 0 Å². The molecule has 2 aliphatic carbocycles. The van der Waals surface area contributed by atoms with Crippen LogP contribution in [-0.4, -0.2) is 34.2 Å². The molecule has 2 bridgehead atoms. The Morgan fingerprint density at radius 1 is 1.27 bits per heavy atom. The van der Waals surface area contributed by atoms with Crippen LogP contribution in [0.2, 0.25) is 0 Å². The van der Waals surface area contributed by atoms with Crippen LogP contribution in [0.25, 0.3) is 0 Å². The smallest absolute Gasteiger partial charge is 0.233 e. The van der Waals surface area contributed by atoms with E-state index in [0.717, 1.165) is 6.42 Å². The van der Waals surface area contributed by atoms with Crippen LogP contribution >= 0.6 is 11.3 Å². The van der Waals surface area contributed by atoms with E-state index in [1.54, 1.807) is 11.6 Å². The van der Waals surface area contributed by atoms with Gasteiger partial charge in [0.25, 0.3) is 0 Å². The van der Waals surface area contributed by atoms with Crippen molar-refractivity contribution >= 4 is 34.2 Å². The number of carbonyl (C=O) groups is 3. The summed E-state index contributed by atoms with van der Waals surface area (Å²) in [6, 6.07) is 0. The molecule has 3 amide bonds. The van der Waals surface area contributed by atoms with E-state index in [1.807, 2.05) is 0 Å². The first-order valence-electron chi connectivity index (χ1n) is 7.38. The summed E-state index contributed by atoms with van der Waals surface area (Å²) in [5.74, 6) is -0.397.